The lowest BCUT2D eigenvalue weighted by Gasteiger charge is -2.44. The summed E-state index contributed by atoms with van der Waals surface area (Å²) in [5.74, 6) is -0.898. The van der Waals surface area contributed by atoms with Crippen LogP contribution in [0.5, 0.6) is 0 Å². The van der Waals surface area contributed by atoms with Gasteiger partial charge in [0.2, 0.25) is 23.6 Å². The summed E-state index contributed by atoms with van der Waals surface area (Å²) in [7, 11) is 3.31. The number of aliphatic hydroxyl groups is 1. The Kier molecular flexibility index (Phi) is 17.0. The van der Waals surface area contributed by atoms with E-state index in [9.17, 15) is 43.3 Å². The van der Waals surface area contributed by atoms with Crippen LogP contribution in [0.3, 0.4) is 0 Å². The summed E-state index contributed by atoms with van der Waals surface area (Å²) in [6.07, 6.45) is 2.68. The maximum absolute atomic E-state index is 14.7. The fourth-order valence-electron chi connectivity index (χ4n) is 11.0. The number of halogens is 2. The Balaban J connectivity index is 0.843. The van der Waals surface area contributed by atoms with Gasteiger partial charge in [0.1, 0.15) is 17.9 Å². The van der Waals surface area contributed by atoms with Crippen LogP contribution in [0.1, 0.15) is 101 Å². The van der Waals surface area contributed by atoms with E-state index in [-0.39, 0.29) is 74.3 Å². The highest BCUT2D eigenvalue weighted by Gasteiger charge is 2.45. The standard InChI is InChI=1S/C53H72F2N12O6S/c1-31-46(74-30-59-31)33-11-9-32(10-12-33)25-58-50(71)43-23-37(68)28-67(43)51(72)47(53(2,3)4)62-44(69)13-14-45(70)64-19-15-36(16-20-64)61-41-17-21-65(52(73)57-5)29-40(41)49(56)66-18-7-8-34-22-38(35-26-60-63(6)27-35)39(48(54)55)24-42(34)66/h9-12,22,24,26-27,36-37,40-41,43,47-48,56,59,61,68H,7-8,13-21,23,25,28-30H2,1-6H3,(H,57,73)(H,58,71)(H,62,69)/t37-,40?,41?,43?,47?/m1/s1. The fraction of sp³-hybridized carbons (Fsp3) is 0.566. The van der Waals surface area contributed by atoms with Crippen LogP contribution in [0.15, 0.2) is 54.5 Å². The van der Waals surface area contributed by atoms with Crippen LogP contribution in [-0.4, -0.2) is 148 Å². The predicted molar refractivity (Wildman–Crippen MR) is 281 cm³/mol. The van der Waals surface area contributed by atoms with E-state index in [0.717, 1.165) is 34.7 Å². The first-order valence-electron chi connectivity index (χ1n) is 25.8. The van der Waals surface area contributed by atoms with E-state index in [1.807, 2.05) is 56.9 Å². The quantitative estimate of drug-likeness (QED) is 0.0848. The van der Waals surface area contributed by atoms with Crippen LogP contribution in [0.25, 0.3) is 16.0 Å². The van der Waals surface area contributed by atoms with Crippen LogP contribution in [0.4, 0.5) is 19.3 Å². The Bertz CT molecular complexity index is 2610. The molecular weight excluding hydrogens is 971 g/mol. The average Bonchev–Trinajstić information content (AvgIpc) is 4.14. The molecule has 4 unspecified atom stereocenters. The summed E-state index contributed by atoms with van der Waals surface area (Å²) in [5, 5.41) is 40.1. The van der Waals surface area contributed by atoms with Gasteiger partial charge >= 0.3 is 6.03 Å². The number of nitrogens with zero attached hydrogens (tertiary/aromatic N) is 6. The fourth-order valence-corrected chi connectivity index (χ4v) is 12.0. The van der Waals surface area contributed by atoms with Crippen molar-refractivity contribution in [3.8, 4) is 11.1 Å². The lowest BCUT2D eigenvalue weighted by molar-refractivity contribution is -0.144. The predicted octanol–water partition coefficient (Wildman–Crippen LogP) is 4.94. The Morgan fingerprint density at radius 2 is 1.70 bits per heavy atom. The first-order chi connectivity index (χ1) is 35.3. The van der Waals surface area contributed by atoms with E-state index in [1.165, 1.54) is 15.9 Å². The molecule has 7 N–H and O–H groups in total. The Morgan fingerprint density at radius 3 is 2.35 bits per heavy atom. The van der Waals surface area contributed by atoms with Crippen LogP contribution < -0.4 is 31.5 Å². The van der Waals surface area contributed by atoms with Gasteiger partial charge in [0, 0.05) is 131 Å². The lowest BCUT2D eigenvalue weighted by atomic mass is 9.85. The number of carbonyl (C=O) groups is 5. The molecule has 400 valence electrons. The van der Waals surface area contributed by atoms with Gasteiger partial charge in [-0.3, -0.25) is 29.3 Å². The second kappa shape index (κ2) is 23.2. The van der Waals surface area contributed by atoms with E-state index in [1.54, 1.807) is 58.8 Å². The third-order valence-corrected chi connectivity index (χ3v) is 16.2. The third kappa shape index (κ3) is 12.4. The zero-order valence-corrected chi connectivity index (χ0v) is 44.1. The van der Waals surface area contributed by atoms with Crippen LogP contribution >= 0.6 is 11.8 Å². The van der Waals surface area contributed by atoms with Gasteiger partial charge in [-0.15, -0.1) is 11.8 Å². The van der Waals surface area contributed by atoms with Crippen molar-refractivity contribution in [2.24, 2.45) is 18.4 Å². The molecule has 0 bridgehead atoms. The molecule has 0 spiro atoms. The van der Waals surface area contributed by atoms with Gasteiger partial charge in [-0.25, -0.2) is 13.6 Å². The highest BCUT2D eigenvalue weighted by Crippen LogP contribution is 2.40. The second-order valence-electron chi connectivity index (χ2n) is 21.3. The maximum Gasteiger partial charge on any atom is 0.317 e. The molecule has 0 radical (unpaired) electrons. The number of likely N-dealkylation sites (tertiary alicyclic amines) is 3. The van der Waals surface area contributed by atoms with Crippen LogP contribution in [-0.2, 0) is 39.2 Å². The summed E-state index contributed by atoms with van der Waals surface area (Å²) < 4.78 is 31.0. The first-order valence-corrected chi connectivity index (χ1v) is 26.8. The number of rotatable bonds is 14. The molecular formula is C53H72F2N12O6S. The zero-order valence-electron chi connectivity index (χ0n) is 43.3. The van der Waals surface area contributed by atoms with Crippen molar-refractivity contribution in [2.45, 2.75) is 122 Å². The maximum atomic E-state index is 14.7. The number of alkyl halides is 2. The Morgan fingerprint density at radius 1 is 0.973 bits per heavy atom. The normalized spacial score (nSPS) is 21.9. The number of aryl methyl sites for hydroxylation is 2. The van der Waals surface area contributed by atoms with Crippen LogP contribution in [0.2, 0.25) is 0 Å². The van der Waals surface area contributed by atoms with Crippen LogP contribution in [0, 0.1) is 16.7 Å². The smallest absolute Gasteiger partial charge is 0.317 e. The van der Waals surface area contributed by atoms with Crippen molar-refractivity contribution in [1.82, 2.24) is 51.1 Å². The molecule has 5 aliphatic rings. The molecule has 2 aromatic carbocycles. The minimum atomic E-state index is -2.75. The van der Waals surface area contributed by atoms with Gasteiger partial charge in [-0.1, -0.05) is 45.0 Å². The molecule has 5 aliphatic heterocycles. The number of urea groups is 1. The minimum Gasteiger partial charge on any atom is -0.391 e. The number of nitrogens with one attached hydrogen (secondary N) is 6. The molecule has 3 aromatic rings. The molecule has 21 heteroatoms. The number of aliphatic hydroxyl groups excluding tert-OH is 1. The van der Waals surface area contributed by atoms with Crippen molar-refractivity contribution < 1.29 is 37.9 Å². The van der Waals surface area contributed by atoms with Gasteiger partial charge in [0.15, 0.2) is 0 Å². The molecule has 0 saturated carbocycles. The van der Waals surface area contributed by atoms with Gasteiger partial charge in [-0.05, 0) is 78.8 Å². The minimum absolute atomic E-state index is 0.00336. The summed E-state index contributed by atoms with van der Waals surface area (Å²) >= 11 is 1.74. The summed E-state index contributed by atoms with van der Waals surface area (Å²) in [4.78, 5) is 75.7. The number of fused-ring (bicyclic) bond motifs is 1. The number of piperidine rings is 2. The molecule has 74 heavy (non-hydrogen) atoms. The number of carbonyl (C=O) groups excluding carboxylic acids is 5. The molecule has 3 fully saturated rings. The van der Waals surface area contributed by atoms with Crippen molar-refractivity contribution in [3.63, 3.8) is 0 Å². The Labute approximate surface area is 436 Å². The molecule has 18 nitrogen and oxygen atoms in total. The van der Waals surface area contributed by atoms with Gasteiger partial charge in [-0.2, -0.15) is 5.10 Å². The number of amides is 6. The number of thioether (sulfide) groups is 1. The monoisotopic (exact) mass is 1040 g/mol. The number of allylic oxidation sites excluding steroid dienone is 1. The van der Waals surface area contributed by atoms with E-state index in [0.29, 0.717) is 68.7 Å². The lowest BCUT2D eigenvalue weighted by Crippen LogP contribution is -2.60. The number of anilines is 1. The molecule has 5 atom stereocenters. The van der Waals surface area contributed by atoms with Crippen molar-refractivity contribution in [2.75, 3.05) is 57.1 Å². The van der Waals surface area contributed by atoms with Gasteiger partial charge in [0.25, 0.3) is 6.43 Å². The second-order valence-corrected chi connectivity index (χ2v) is 22.3. The SMILES string of the molecule is CNC(=O)N1CCC(NC2CCN(C(=O)CCC(=O)NC(C(=O)N3C[C@H](O)CC3C(=O)NCc3ccc(C4=C(C)NCS4)cc3)C(C)(C)C)CC2)C(C(=N)N2CCCc3cc(-c4cnn(C)c4)c(C(F)F)cc32)C1. The number of amidine groups is 1. The number of hydrogen-bond donors (Lipinski definition) is 7. The summed E-state index contributed by atoms with van der Waals surface area (Å²) in [5.41, 5.74) is 4.71. The molecule has 0 aliphatic carbocycles. The molecule has 6 heterocycles. The number of benzene rings is 2. The Hall–Kier alpha value is -6.06. The van der Waals surface area contributed by atoms with Crippen molar-refractivity contribution >= 4 is 57.8 Å². The molecule has 8 rings (SSSR count). The van der Waals surface area contributed by atoms with E-state index >= 15 is 0 Å². The van der Waals surface area contributed by atoms with Gasteiger partial charge in [0.05, 0.1) is 18.2 Å². The number of hydrogen-bond acceptors (Lipinski definition) is 11. The third-order valence-electron chi connectivity index (χ3n) is 15.1. The number of aromatic nitrogens is 2. The zero-order chi connectivity index (χ0) is 53.0. The number of β-amino-alcohol motifs (C(OH)–C–C–N with tert-alkyl or cyclic N) is 1. The largest absolute Gasteiger partial charge is 0.391 e. The highest BCUT2D eigenvalue weighted by atomic mass is 32.2. The summed E-state index contributed by atoms with van der Waals surface area (Å²) in [6, 6.07) is 8.86. The van der Waals surface area contributed by atoms with E-state index in [2.05, 4.69) is 31.7 Å². The van der Waals surface area contributed by atoms with Crippen molar-refractivity contribution in [1.29, 1.82) is 5.41 Å². The summed E-state index contributed by atoms with van der Waals surface area (Å²) in [6.45, 7) is 9.76. The average molecular weight is 1040 g/mol. The van der Waals surface area contributed by atoms with E-state index in [4.69, 9.17) is 0 Å². The van der Waals surface area contributed by atoms with Crippen molar-refractivity contribution in [3.05, 3.63) is 76.7 Å². The van der Waals surface area contributed by atoms with Gasteiger partial charge < -0.3 is 51.3 Å². The molecule has 6 amide bonds. The van der Waals surface area contributed by atoms with E-state index < -0.39 is 53.7 Å². The molecule has 3 saturated heterocycles. The first kappa shape index (κ1) is 54.2. The topological polar surface area (TPSA) is 220 Å². The molecule has 1 aromatic heterocycles. The highest BCUT2D eigenvalue weighted by molar-refractivity contribution is 8.08.